The van der Waals surface area contributed by atoms with E-state index in [9.17, 15) is 0 Å². The van der Waals surface area contributed by atoms with Gasteiger partial charge >= 0.3 is 0 Å². The molecule has 0 aliphatic carbocycles. The largest absolute Gasteiger partial charge is 0.389 e. The summed E-state index contributed by atoms with van der Waals surface area (Å²) in [6.07, 6.45) is 4.16. The van der Waals surface area contributed by atoms with Crippen LogP contribution in [0.5, 0.6) is 0 Å². The fourth-order valence-corrected chi connectivity index (χ4v) is 3.08. The molecule has 0 spiro atoms. The number of aryl methyl sites for hydroxylation is 1. The highest BCUT2D eigenvalue weighted by molar-refractivity contribution is 7.80. The highest BCUT2D eigenvalue weighted by Crippen LogP contribution is 2.24. The van der Waals surface area contributed by atoms with Crippen LogP contribution in [0.4, 0.5) is 5.82 Å². The highest BCUT2D eigenvalue weighted by atomic mass is 32.1. The van der Waals surface area contributed by atoms with Crippen LogP contribution < -0.4 is 10.6 Å². The monoisotopic (exact) mass is 308 g/mol. The van der Waals surface area contributed by atoms with Crippen molar-refractivity contribution >= 4 is 23.0 Å². The molecule has 1 saturated heterocycles. The molecule has 1 fully saturated rings. The molecule has 1 unspecified atom stereocenters. The summed E-state index contributed by atoms with van der Waals surface area (Å²) in [5.74, 6) is 0.770. The number of hydrogen-bond acceptors (Lipinski definition) is 5. The Balaban J connectivity index is 2.35. The predicted molar refractivity (Wildman–Crippen MR) is 88.9 cm³/mol. The van der Waals surface area contributed by atoms with Gasteiger partial charge in [-0.15, -0.1) is 5.10 Å². The Morgan fingerprint density at radius 3 is 2.67 bits per heavy atom. The maximum absolute atomic E-state index is 5.97. The van der Waals surface area contributed by atoms with Crippen molar-refractivity contribution in [1.82, 2.24) is 10.2 Å². The van der Waals surface area contributed by atoms with Crippen LogP contribution >= 0.6 is 12.2 Å². The Hall–Kier alpha value is -1.27. The number of rotatable bonds is 6. The molecule has 1 aliphatic heterocycles. The quantitative estimate of drug-likeness (QED) is 0.809. The maximum atomic E-state index is 5.97. The molecule has 116 valence electrons. The third kappa shape index (κ3) is 3.49. The van der Waals surface area contributed by atoms with E-state index in [-0.39, 0.29) is 6.10 Å². The molecule has 1 atom stereocenters. The predicted octanol–water partition coefficient (Wildman–Crippen LogP) is 1.85. The van der Waals surface area contributed by atoms with Crippen molar-refractivity contribution in [2.45, 2.75) is 45.6 Å². The van der Waals surface area contributed by atoms with Crippen LogP contribution in [0, 0.1) is 0 Å². The summed E-state index contributed by atoms with van der Waals surface area (Å²) >= 11 is 5.26. The van der Waals surface area contributed by atoms with E-state index in [4.69, 9.17) is 22.7 Å². The first-order valence-corrected chi connectivity index (χ1v) is 8.00. The average Bonchev–Trinajstić information content (AvgIpc) is 2.98. The molecule has 2 N–H and O–H groups in total. The summed E-state index contributed by atoms with van der Waals surface area (Å²) < 4.78 is 5.69. The van der Waals surface area contributed by atoms with E-state index in [0.717, 1.165) is 61.5 Å². The van der Waals surface area contributed by atoms with Crippen LogP contribution in [-0.4, -0.2) is 41.5 Å². The van der Waals surface area contributed by atoms with E-state index in [1.807, 2.05) is 7.05 Å². The minimum absolute atomic E-state index is 0.256. The van der Waals surface area contributed by atoms with Crippen molar-refractivity contribution in [2.75, 3.05) is 25.1 Å². The van der Waals surface area contributed by atoms with Crippen molar-refractivity contribution in [3.63, 3.8) is 0 Å². The topological polar surface area (TPSA) is 64.3 Å². The van der Waals surface area contributed by atoms with Gasteiger partial charge < -0.3 is 15.4 Å². The van der Waals surface area contributed by atoms with Crippen molar-refractivity contribution < 1.29 is 4.74 Å². The van der Waals surface area contributed by atoms with Crippen molar-refractivity contribution in [2.24, 2.45) is 5.73 Å². The van der Waals surface area contributed by atoms with Crippen LogP contribution in [0.2, 0.25) is 0 Å². The molecule has 1 aromatic heterocycles. The number of thiocarbonyl (C=S) groups is 1. The number of ether oxygens (including phenoxy) is 1. The van der Waals surface area contributed by atoms with Crippen LogP contribution in [0.3, 0.4) is 0 Å². The van der Waals surface area contributed by atoms with Crippen molar-refractivity contribution in [3.05, 3.63) is 16.8 Å². The molecule has 1 aliphatic rings. The minimum Gasteiger partial charge on any atom is -0.389 e. The van der Waals surface area contributed by atoms with Gasteiger partial charge in [-0.25, -0.2) is 0 Å². The molecule has 6 heteroatoms. The maximum Gasteiger partial charge on any atom is 0.161 e. The van der Waals surface area contributed by atoms with E-state index in [1.165, 1.54) is 0 Å². The van der Waals surface area contributed by atoms with Gasteiger partial charge in [0, 0.05) is 20.2 Å². The highest BCUT2D eigenvalue weighted by Gasteiger charge is 2.23. The molecule has 0 aromatic carbocycles. The number of likely N-dealkylation sites (N-methyl/N-ethyl adjacent to an activating group) is 1. The number of aromatic nitrogens is 2. The van der Waals surface area contributed by atoms with E-state index in [0.29, 0.717) is 4.99 Å². The lowest BCUT2D eigenvalue weighted by molar-refractivity contribution is 0.116. The minimum atomic E-state index is 0.256. The van der Waals surface area contributed by atoms with Gasteiger partial charge in [0.05, 0.1) is 17.4 Å². The summed E-state index contributed by atoms with van der Waals surface area (Å²) in [5.41, 5.74) is 8.94. The fourth-order valence-electron chi connectivity index (χ4n) is 2.87. The second-order valence-corrected chi connectivity index (χ2v) is 5.85. The number of hydrogen-bond donors (Lipinski definition) is 1. The van der Waals surface area contributed by atoms with Gasteiger partial charge in [0.25, 0.3) is 0 Å². The van der Waals surface area contributed by atoms with Gasteiger partial charge in [0.1, 0.15) is 4.99 Å². The van der Waals surface area contributed by atoms with Gasteiger partial charge in [-0.05, 0) is 31.2 Å². The molecule has 1 aromatic rings. The van der Waals surface area contributed by atoms with Gasteiger partial charge in [0.15, 0.2) is 5.82 Å². The molecule has 2 heterocycles. The van der Waals surface area contributed by atoms with Gasteiger partial charge in [-0.2, -0.15) is 5.10 Å². The first-order valence-electron chi connectivity index (χ1n) is 7.59. The lowest BCUT2D eigenvalue weighted by Crippen LogP contribution is -2.32. The number of anilines is 1. The van der Waals surface area contributed by atoms with E-state index < -0.39 is 0 Å². The Bertz CT molecular complexity index is 515. The second kappa shape index (κ2) is 7.13. The number of nitrogens with two attached hydrogens (primary N) is 1. The van der Waals surface area contributed by atoms with E-state index >= 15 is 0 Å². The van der Waals surface area contributed by atoms with Crippen molar-refractivity contribution in [3.8, 4) is 0 Å². The Morgan fingerprint density at radius 2 is 2.14 bits per heavy atom. The zero-order chi connectivity index (χ0) is 15.4. The average molecular weight is 308 g/mol. The van der Waals surface area contributed by atoms with Gasteiger partial charge in [-0.1, -0.05) is 26.1 Å². The normalized spacial score (nSPS) is 18.0. The van der Waals surface area contributed by atoms with Crippen molar-refractivity contribution in [1.29, 1.82) is 0 Å². The van der Waals surface area contributed by atoms with Gasteiger partial charge in [-0.3, -0.25) is 0 Å². The molecule has 21 heavy (non-hydrogen) atoms. The first kappa shape index (κ1) is 16.1. The second-order valence-electron chi connectivity index (χ2n) is 5.41. The van der Waals surface area contributed by atoms with Crippen LogP contribution in [0.25, 0.3) is 0 Å². The fraction of sp³-hybridized carbons (Fsp3) is 0.667. The first-order chi connectivity index (χ1) is 10.1. The molecule has 2 rings (SSSR count). The lowest BCUT2D eigenvalue weighted by Gasteiger charge is -2.25. The van der Waals surface area contributed by atoms with Crippen LogP contribution in [0.1, 0.15) is 43.5 Å². The summed E-state index contributed by atoms with van der Waals surface area (Å²) in [6, 6.07) is 0. The van der Waals surface area contributed by atoms with E-state index in [1.54, 1.807) is 0 Å². The van der Waals surface area contributed by atoms with Crippen LogP contribution in [0.15, 0.2) is 0 Å². The van der Waals surface area contributed by atoms with Crippen LogP contribution in [-0.2, 0) is 17.6 Å². The molecule has 0 amide bonds. The molecule has 5 nitrogen and oxygen atoms in total. The Labute approximate surface area is 131 Å². The third-order valence-corrected chi connectivity index (χ3v) is 4.14. The third-order valence-electron chi connectivity index (χ3n) is 3.94. The Kier molecular flexibility index (Phi) is 5.47. The van der Waals surface area contributed by atoms with Gasteiger partial charge in [0.2, 0.25) is 0 Å². The SMILES string of the molecule is CCc1nnc(N(C)CC2CCCO2)c(C(N)=S)c1CC. The summed E-state index contributed by atoms with van der Waals surface area (Å²) in [7, 11) is 2.00. The summed E-state index contributed by atoms with van der Waals surface area (Å²) in [4.78, 5) is 2.46. The zero-order valence-electron chi connectivity index (χ0n) is 13.1. The summed E-state index contributed by atoms with van der Waals surface area (Å²) in [6.45, 7) is 5.81. The van der Waals surface area contributed by atoms with E-state index in [2.05, 4.69) is 28.9 Å². The smallest absolute Gasteiger partial charge is 0.161 e. The molecular weight excluding hydrogens is 284 g/mol. The zero-order valence-corrected chi connectivity index (χ0v) is 13.9. The summed E-state index contributed by atoms with van der Waals surface area (Å²) in [5, 5.41) is 8.73. The standard InChI is InChI=1S/C15H24N4OS/c1-4-11-12(5-2)17-18-15(13(11)14(16)21)19(3)9-10-7-6-8-20-10/h10H,4-9H2,1-3H3,(H2,16,21). The Morgan fingerprint density at radius 1 is 1.38 bits per heavy atom. The molecule has 0 radical (unpaired) electrons. The molecule has 0 bridgehead atoms. The molecule has 0 saturated carbocycles. The molecular formula is C15H24N4OS. The lowest BCUT2D eigenvalue weighted by atomic mass is 10.0. The number of nitrogens with zero attached hydrogens (tertiary/aromatic N) is 3.